The van der Waals surface area contributed by atoms with Crippen molar-refractivity contribution in [2.75, 3.05) is 13.1 Å². The zero-order chi connectivity index (χ0) is 14.9. The average molecular weight is 283 g/mol. The molecule has 1 aromatic heterocycles. The lowest BCUT2D eigenvalue weighted by atomic mass is 10.2. The Morgan fingerprint density at radius 3 is 2.76 bits per heavy atom. The van der Waals surface area contributed by atoms with Gasteiger partial charge in [0.2, 0.25) is 0 Å². The summed E-state index contributed by atoms with van der Waals surface area (Å²) in [4.78, 5) is 4.54. The number of benzene rings is 1. The van der Waals surface area contributed by atoms with Gasteiger partial charge in [-0.25, -0.2) is 9.67 Å². The first-order valence-electron chi connectivity index (χ1n) is 7.05. The van der Waals surface area contributed by atoms with Crippen molar-refractivity contribution < 1.29 is 0 Å². The van der Waals surface area contributed by atoms with Crippen molar-refractivity contribution in [2.24, 2.45) is 4.99 Å². The summed E-state index contributed by atoms with van der Waals surface area (Å²) >= 11 is 0. The van der Waals surface area contributed by atoms with E-state index < -0.39 is 0 Å². The summed E-state index contributed by atoms with van der Waals surface area (Å²) in [7, 11) is 0. The summed E-state index contributed by atoms with van der Waals surface area (Å²) in [6.07, 6.45) is 5.51. The number of hydrogen-bond donors (Lipinski definition) is 2. The van der Waals surface area contributed by atoms with E-state index in [1.54, 1.807) is 6.20 Å². The molecule has 2 aromatic rings. The smallest absolute Gasteiger partial charge is 0.191 e. The molecule has 0 amide bonds. The molecule has 1 heterocycles. The van der Waals surface area contributed by atoms with Crippen LogP contribution in [0, 0.1) is 0 Å². The minimum absolute atomic E-state index is 0.631. The van der Waals surface area contributed by atoms with Crippen LogP contribution in [0.1, 0.15) is 12.5 Å². The van der Waals surface area contributed by atoms with Crippen LogP contribution in [-0.2, 0) is 6.54 Å². The highest BCUT2D eigenvalue weighted by atomic mass is 15.3. The fraction of sp³-hybridized carbons (Fsp3) is 0.250. The third-order valence-corrected chi connectivity index (χ3v) is 2.88. The zero-order valence-corrected chi connectivity index (χ0v) is 12.3. The highest BCUT2D eigenvalue weighted by molar-refractivity contribution is 5.79. The predicted molar refractivity (Wildman–Crippen MR) is 86.6 cm³/mol. The fourth-order valence-electron chi connectivity index (χ4n) is 1.86. The van der Waals surface area contributed by atoms with E-state index in [0.717, 1.165) is 23.8 Å². The summed E-state index contributed by atoms with van der Waals surface area (Å²) in [5, 5.41) is 10.6. The van der Waals surface area contributed by atoms with Crippen molar-refractivity contribution >= 4 is 5.96 Å². The number of nitrogens with one attached hydrogen (secondary N) is 2. The van der Waals surface area contributed by atoms with Crippen LogP contribution in [0.4, 0.5) is 0 Å². The minimum Gasteiger partial charge on any atom is -0.357 e. The molecule has 1 aromatic carbocycles. The van der Waals surface area contributed by atoms with Gasteiger partial charge in [0.15, 0.2) is 5.96 Å². The number of guanidine groups is 1. The monoisotopic (exact) mass is 283 g/mol. The maximum absolute atomic E-state index is 4.54. The van der Waals surface area contributed by atoms with Crippen molar-refractivity contribution in [1.29, 1.82) is 0 Å². The van der Waals surface area contributed by atoms with Crippen molar-refractivity contribution in [1.82, 2.24) is 20.4 Å². The van der Waals surface area contributed by atoms with Gasteiger partial charge in [0, 0.05) is 25.5 Å². The molecule has 0 atom stereocenters. The molecule has 2 N–H and O–H groups in total. The summed E-state index contributed by atoms with van der Waals surface area (Å²) in [5.74, 6) is 0.800. The highest BCUT2D eigenvalue weighted by Crippen LogP contribution is 2.09. The molecule has 21 heavy (non-hydrogen) atoms. The second-order valence-corrected chi connectivity index (χ2v) is 4.48. The molecule has 0 aliphatic carbocycles. The number of nitrogens with zero attached hydrogens (tertiary/aromatic N) is 3. The molecule has 0 saturated heterocycles. The molecule has 0 spiro atoms. The van der Waals surface area contributed by atoms with Gasteiger partial charge in [-0.15, -0.1) is 6.58 Å². The van der Waals surface area contributed by atoms with Gasteiger partial charge in [-0.3, -0.25) is 0 Å². The molecule has 110 valence electrons. The summed E-state index contributed by atoms with van der Waals surface area (Å²) in [5.41, 5.74) is 2.20. The first-order chi connectivity index (χ1) is 10.3. The van der Waals surface area contributed by atoms with E-state index in [9.17, 15) is 0 Å². The van der Waals surface area contributed by atoms with Crippen LogP contribution < -0.4 is 10.6 Å². The molecular formula is C16H21N5. The molecule has 0 radical (unpaired) electrons. The van der Waals surface area contributed by atoms with Crippen LogP contribution in [-0.4, -0.2) is 28.8 Å². The molecular weight excluding hydrogens is 262 g/mol. The predicted octanol–water partition coefficient (Wildman–Crippen LogP) is 2.11. The van der Waals surface area contributed by atoms with Gasteiger partial charge < -0.3 is 10.6 Å². The third kappa shape index (κ3) is 4.49. The van der Waals surface area contributed by atoms with Crippen molar-refractivity contribution in [2.45, 2.75) is 13.5 Å². The summed E-state index contributed by atoms with van der Waals surface area (Å²) < 4.78 is 1.84. The van der Waals surface area contributed by atoms with E-state index in [-0.39, 0.29) is 0 Å². The minimum atomic E-state index is 0.631. The molecule has 2 rings (SSSR count). The molecule has 5 nitrogen and oxygen atoms in total. The van der Waals surface area contributed by atoms with Gasteiger partial charge in [0.05, 0.1) is 12.2 Å². The number of hydrogen-bond acceptors (Lipinski definition) is 2. The van der Waals surface area contributed by atoms with Gasteiger partial charge in [-0.1, -0.05) is 18.2 Å². The Labute approximate surface area is 125 Å². The SMILES string of the molecule is C=CCNC(=NCc1ccc(-n2cccn2)cc1)NCC. The maximum atomic E-state index is 4.54. The molecule has 0 unspecified atom stereocenters. The largest absolute Gasteiger partial charge is 0.357 e. The standard InChI is InChI=1S/C16H21N5/c1-3-10-18-16(17-4-2)19-13-14-6-8-15(9-7-14)21-12-5-11-20-21/h3,5-9,11-12H,1,4,10,13H2,2H3,(H2,17,18,19). The van der Waals surface area contributed by atoms with Gasteiger partial charge in [-0.2, -0.15) is 5.10 Å². The topological polar surface area (TPSA) is 54.2 Å². The Morgan fingerprint density at radius 2 is 2.14 bits per heavy atom. The molecule has 0 fully saturated rings. The molecule has 0 aliphatic rings. The maximum Gasteiger partial charge on any atom is 0.191 e. The lowest BCUT2D eigenvalue weighted by Crippen LogP contribution is -2.37. The van der Waals surface area contributed by atoms with Crippen LogP contribution in [0.15, 0.2) is 60.4 Å². The highest BCUT2D eigenvalue weighted by Gasteiger charge is 1.98. The molecule has 0 saturated carbocycles. The lowest BCUT2D eigenvalue weighted by molar-refractivity contribution is 0.858. The lowest BCUT2D eigenvalue weighted by Gasteiger charge is -2.09. The van der Waals surface area contributed by atoms with Crippen LogP contribution in [0.5, 0.6) is 0 Å². The Kier molecular flexibility index (Phi) is 5.58. The second kappa shape index (κ2) is 7.89. The first-order valence-corrected chi connectivity index (χ1v) is 7.05. The van der Waals surface area contributed by atoms with Gasteiger partial charge >= 0.3 is 0 Å². The number of rotatable bonds is 6. The van der Waals surface area contributed by atoms with Gasteiger partial charge in [0.25, 0.3) is 0 Å². The number of aliphatic imine (C=N–C) groups is 1. The Morgan fingerprint density at radius 1 is 1.33 bits per heavy atom. The Balaban J connectivity index is 2.00. The number of aromatic nitrogens is 2. The van der Waals surface area contributed by atoms with E-state index in [0.29, 0.717) is 13.1 Å². The van der Waals surface area contributed by atoms with Crippen LogP contribution in [0.2, 0.25) is 0 Å². The van der Waals surface area contributed by atoms with Crippen molar-refractivity contribution in [3.05, 3.63) is 60.9 Å². The second-order valence-electron chi connectivity index (χ2n) is 4.48. The molecule has 0 aliphatic heterocycles. The van der Waals surface area contributed by atoms with E-state index in [1.807, 2.05) is 42.1 Å². The fourth-order valence-corrected chi connectivity index (χ4v) is 1.86. The van der Waals surface area contributed by atoms with Crippen molar-refractivity contribution in [3.8, 4) is 5.69 Å². The molecule has 5 heteroatoms. The zero-order valence-electron chi connectivity index (χ0n) is 12.3. The van der Waals surface area contributed by atoms with Gasteiger partial charge in [0.1, 0.15) is 0 Å². The third-order valence-electron chi connectivity index (χ3n) is 2.88. The Hall–Kier alpha value is -2.56. The normalized spacial score (nSPS) is 11.2. The quantitative estimate of drug-likeness (QED) is 0.485. The van der Waals surface area contributed by atoms with Crippen LogP contribution >= 0.6 is 0 Å². The van der Waals surface area contributed by atoms with E-state index >= 15 is 0 Å². The summed E-state index contributed by atoms with van der Waals surface area (Å²) in [6.45, 7) is 7.90. The van der Waals surface area contributed by atoms with E-state index in [4.69, 9.17) is 0 Å². The molecule has 0 bridgehead atoms. The van der Waals surface area contributed by atoms with Crippen LogP contribution in [0.3, 0.4) is 0 Å². The van der Waals surface area contributed by atoms with Gasteiger partial charge in [-0.05, 0) is 30.7 Å². The Bertz CT molecular complexity index is 569. The van der Waals surface area contributed by atoms with E-state index in [2.05, 4.69) is 39.4 Å². The first kappa shape index (κ1) is 14.8. The summed E-state index contributed by atoms with van der Waals surface area (Å²) in [6, 6.07) is 10.1. The van der Waals surface area contributed by atoms with E-state index in [1.165, 1.54) is 0 Å². The average Bonchev–Trinajstić information content (AvgIpc) is 3.05. The van der Waals surface area contributed by atoms with Crippen LogP contribution in [0.25, 0.3) is 5.69 Å². The van der Waals surface area contributed by atoms with Crippen molar-refractivity contribution in [3.63, 3.8) is 0 Å².